The summed E-state index contributed by atoms with van der Waals surface area (Å²) in [6.45, 7) is 1.87. The summed E-state index contributed by atoms with van der Waals surface area (Å²) in [6, 6.07) is 18.5. The molecule has 1 fully saturated rings. The maximum absolute atomic E-state index is 12.3. The van der Waals surface area contributed by atoms with E-state index in [9.17, 15) is 4.79 Å². The standard InChI is InChI=1S/C20H17BrN2OS/c21-17-8-6-14(7-9-17)12-18-19(24)22-20(25-18)23-11-10-16(13-23)15-4-2-1-3-5-15/h1-9,12,16H,10-11,13H2/b18-12+. The van der Waals surface area contributed by atoms with Gasteiger partial charge in [0, 0.05) is 23.5 Å². The van der Waals surface area contributed by atoms with E-state index in [-0.39, 0.29) is 5.91 Å². The van der Waals surface area contributed by atoms with Crippen LogP contribution in [0.15, 0.2) is 69.0 Å². The van der Waals surface area contributed by atoms with E-state index in [1.54, 1.807) is 0 Å². The molecule has 2 aromatic rings. The lowest BCUT2D eigenvalue weighted by Crippen LogP contribution is -2.24. The van der Waals surface area contributed by atoms with Crippen LogP contribution in [0.25, 0.3) is 6.08 Å². The quantitative estimate of drug-likeness (QED) is 0.656. The summed E-state index contributed by atoms with van der Waals surface area (Å²) in [5.41, 5.74) is 2.38. The molecule has 2 aliphatic rings. The second kappa shape index (κ2) is 7.18. The monoisotopic (exact) mass is 412 g/mol. The fraction of sp³-hybridized carbons (Fsp3) is 0.200. The maximum atomic E-state index is 12.3. The zero-order chi connectivity index (χ0) is 17.2. The number of hydrogen-bond acceptors (Lipinski definition) is 3. The van der Waals surface area contributed by atoms with Crippen molar-refractivity contribution in [2.24, 2.45) is 4.99 Å². The molecule has 2 heterocycles. The van der Waals surface area contributed by atoms with Crippen LogP contribution in [0.3, 0.4) is 0 Å². The predicted molar refractivity (Wildman–Crippen MR) is 108 cm³/mol. The fourth-order valence-electron chi connectivity index (χ4n) is 3.17. The van der Waals surface area contributed by atoms with Crippen LogP contribution >= 0.6 is 27.7 Å². The number of likely N-dealkylation sites (tertiary alicyclic amines) is 1. The first-order valence-corrected chi connectivity index (χ1v) is 9.88. The number of amidine groups is 1. The SMILES string of the molecule is O=C1N=C(N2CCC(c3ccccc3)C2)S/C1=C/c1ccc(Br)cc1. The highest BCUT2D eigenvalue weighted by Gasteiger charge is 2.31. The van der Waals surface area contributed by atoms with Crippen molar-refractivity contribution in [1.82, 2.24) is 4.90 Å². The van der Waals surface area contributed by atoms with Gasteiger partial charge in [-0.25, -0.2) is 0 Å². The molecule has 1 saturated heterocycles. The van der Waals surface area contributed by atoms with Crippen molar-refractivity contribution in [2.75, 3.05) is 13.1 Å². The molecule has 1 amide bonds. The maximum Gasteiger partial charge on any atom is 0.286 e. The van der Waals surface area contributed by atoms with Crippen LogP contribution in [0.4, 0.5) is 0 Å². The Morgan fingerprint density at radius 2 is 1.88 bits per heavy atom. The van der Waals surface area contributed by atoms with Gasteiger partial charge in [-0.05, 0) is 47.5 Å². The number of carbonyl (C=O) groups excluding carboxylic acids is 1. The second-order valence-electron chi connectivity index (χ2n) is 6.20. The van der Waals surface area contributed by atoms with Crippen LogP contribution in [0, 0.1) is 0 Å². The highest BCUT2D eigenvalue weighted by molar-refractivity contribution is 9.10. The Labute approximate surface area is 160 Å². The summed E-state index contributed by atoms with van der Waals surface area (Å²) in [4.78, 5) is 19.5. The molecule has 0 N–H and O–H groups in total. The zero-order valence-electron chi connectivity index (χ0n) is 13.6. The molecule has 2 aliphatic heterocycles. The first-order chi connectivity index (χ1) is 12.2. The van der Waals surface area contributed by atoms with Crippen molar-refractivity contribution in [3.63, 3.8) is 0 Å². The normalized spacial score (nSPS) is 21.9. The summed E-state index contributed by atoms with van der Waals surface area (Å²) in [5, 5.41) is 0.840. The molecule has 4 rings (SSSR count). The number of carbonyl (C=O) groups is 1. The third-order valence-electron chi connectivity index (χ3n) is 4.51. The molecule has 1 atom stereocenters. The molecular weight excluding hydrogens is 396 g/mol. The average Bonchev–Trinajstić information content (AvgIpc) is 3.25. The van der Waals surface area contributed by atoms with E-state index in [1.807, 2.05) is 36.4 Å². The van der Waals surface area contributed by atoms with Gasteiger partial charge in [0.1, 0.15) is 0 Å². The third-order valence-corrected chi connectivity index (χ3v) is 6.08. The van der Waals surface area contributed by atoms with E-state index in [0.29, 0.717) is 10.8 Å². The van der Waals surface area contributed by atoms with Crippen LogP contribution in [0.5, 0.6) is 0 Å². The van der Waals surface area contributed by atoms with Crippen molar-refractivity contribution >= 4 is 44.8 Å². The minimum absolute atomic E-state index is 0.133. The molecule has 0 aliphatic carbocycles. The van der Waals surface area contributed by atoms with Crippen molar-refractivity contribution in [3.05, 3.63) is 75.1 Å². The van der Waals surface area contributed by atoms with Crippen molar-refractivity contribution in [2.45, 2.75) is 12.3 Å². The van der Waals surface area contributed by atoms with E-state index >= 15 is 0 Å². The number of nitrogens with zero attached hydrogens (tertiary/aromatic N) is 2. The van der Waals surface area contributed by atoms with Crippen LogP contribution in [-0.2, 0) is 4.79 Å². The van der Waals surface area contributed by atoms with Gasteiger partial charge < -0.3 is 4.90 Å². The van der Waals surface area contributed by atoms with Gasteiger partial charge in [-0.3, -0.25) is 4.79 Å². The molecule has 0 bridgehead atoms. The number of hydrogen-bond donors (Lipinski definition) is 0. The molecule has 5 heteroatoms. The second-order valence-corrected chi connectivity index (χ2v) is 8.13. The number of rotatable bonds is 2. The number of halogens is 1. The molecule has 25 heavy (non-hydrogen) atoms. The minimum atomic E-state index is -0.133. The van der Waals surface area contributed by atoms with E-state index < -0.39 is 0 Å². The summed E-state index contributed by atoms with van der Waals surface area (Å²) in [5.74, 6) is 0.380. The number of benzene rings is 2. The lowest BCUT2D eigenvalue weighted by Gasteiger charge is -2.17. The van der Waals surface area contributed by atoms with Crippen LogP contribution in [0.1, 0.15) is 23.5 Å². The lowest BCUT2D eigenvalue weighted by molar-refractivity contribution is -0.113. The molecule has 0 aromatic heterocycles. The average molecular weight is 413 g/mol. The molecule has 126 valence electrons. The summed E-state index contributed by atoms with van der Waals surface area (Å²) in [6.07, 6.45) is 3.02. The molecule has 3 nitrogen and oxygen atoms in total. The van der Waals surface area contributed by atoms with Gasteiger partial charge in [0.25, 0.3) is 5.91 Å². The highest BCUT2D eigenvalue weighted by Crippen LogP contribution is 2.35. The third kappa shape index (κ3) is 3.72. The summed E-state index contributed by atoms with van der Waals surface area (Å²) in [7, 11) is 0. The lowest BCUT2D eigenvalue weighted by atomic mass is 9.99. The van der Waals surface area contributed by atoms with Crippen LogP contribution in [-0.4, -0.2) is 29.1 Å². The predicted octanol–water partition coefficient (Wildman–Crippen LogP) is 4.91. The number of aliphatic imine (C=N–C) groups is 1. The van der Waals surface area contributed by atoms with Crippen LogP contribution in [0.2, 0.25) is 0 Å². The summed E-state index contributed by atoms with van der Waals surface area (Å²) >= 11 is 4.91. The van der Waals surface area contributed by atoms with Gasteiger partial charge in [-0.1, -0.05) is 58.4 Å². The molecule has 0 radical (unpaired) electrons. The van der Waals surface area contributed by atoms with Gasteiger partial charge in [0.05, 0.1) is 4.91 Å². The fourth-order valence-corrected chi connectivity index (χ4v) is 4.39. The molecule has 1 unspecified atom stereocenters. The van der Waals surface area contributed by atoms with Gasteiger partial charge in [-0.2, -0.15) is 4.99 Å². The molecule has 0 spiro atoms. The number of amides is 1. The summed E-state index contributed by atoms with van der Waals surface area (Å²) < 4.78 is 1.03. The van der Waals surface area contributed by atoms with Crippen LogP contribution < -0.4 is 0 Å². The van der Waals surface area contributed by atoms with Gasteiger partial charge >= 0.3 is 0 Å². The van der Waals surface area contributed by atoms with Crippen molar-refractivity contribution in [3.8, 4) is 0 Å². The van der Waals surface area contributed by atoms with Crippen molar-refractivity contribution in [1.29, 1.82) is 0 Å². The highest BCUT2D eigenvalue weighted by atomic mass is 79.9. The van der Waals surface area contributed by atoms with E-state index in [0.717, 1.165) is 34.7 Å². The Balaban J connectivity index is 1.45. The topological polar surface area (TPSA) is 32.7 Å². The number of thioether (sulfide) groups is 1. The Hall–Kier alpha value is -1.85. The molecule has 2 aromatic carbocycles. The van der Waals surface area contributed by atoms with E-state index in [1.165, 1.54) is 17.3 Å². The Morgan fingerprint density at radius 3 is 2.64 bits per heavy atom. The largest absolute Gasteiger partial charge is 0.350 e. The Bertz CT molecular complexity index is 846. The zero-order valence-corrected chi connectivity index (χ0v) is 16.0. The van der Waals surface area contributed by atoms with Crippen molar-refractivity contribution < 1.29 is 4.79 Å². The molecular formula is C20H17BrN2OS. The van der Waals surface area contributed by atoms with Gasteiger partial charge in [0.2, 0.25) is 0 Å². The van der Waals surface area contributed by atoms with E-state index in [2.05, 4.69) is 50.1 Å². The minimum Gasteiger partial charge on any atom is -0.350 e. The van der Waals surface area contributed by atoms with Gasteiger partial charge in [0.15, 0.2) is 5.17 Å². The molecule has 0 saturated carbocycles. The van der Waals surface area contributed by atoms with E-state index in [4.69, 9.17) is 0 Å². The first kappa shape index (κ1) is 16.6. The Kier molecular flexibility index (Phi) is 4.77. The first-order valence-electron chi connectivity index (χ1n) is 8.27. The Morgan fingerprint density at radius 1 is 1.12 bits per heavy atom. The van der Waals surface area contributed by atoms with Gasteiger partial charge in [-0.15, -0.1) is 0 Å². The smallest absolute Gasteiger partial charge is 0.286 e.